The van der Waals surface area contributed by atoms with Crippen molar-refractivity contribution in [2.75, 3.05) is 0 Å². The number of alkyl halides is 1. The quantitative estimate of drug-likeness (QED) is 0.484. The summed E-state index contributed by atoms with van der Waals surface area (Å²) in [5.74, 6) is 0. The summed E-state index contributed by atoms with van der Waals surface area (Å²) in [6.07, 6.45) is 0. The Hall–Kier alpha value is 0.130. The molecule has 0 amide bonds. The Labute approximate surface area is 66.0 Å². The van der Waals surface area contributed by atoms with E-state index in [-0.39, 0.29) is 0 Å². The molecule has 0 aromatic heterocycles. The van der Waals surface area contributed by atoms with Crippen LogP contribution in [0.3, 0.4) is 0 Å². The van der Waals surface area contributed by atoms with E-state index < -0.39 is 0 Å². The van der Waals surface area contributed by atoms with Gasteiger partial charge >= 0.3 is 0 Å². The second kappa shape index (κ2) is 3.34. The highest BCUT2D eigenvalue weighted by Gasteiger charge is 1.86. The van der Waals surface area contributed by atoms with E-state index in [4.69, 9.17) is 0 Å². The molecule has 2 heteroatoms. The van der Waals surface area contributed by atoms with Crippen LogP contribution in [0.4, 0.5) is 0 Å². The van der Waals surface area contributed by atoms with Gasteiger partial charge in [0.15, 0.2) is 0 Å². The average molecular weight is 203 g/mol. The summed E-state index contributed by atoms with van der Waals surface area (Å²) < 4.78 is 0. The molecule has 0 radical (unpaired) electrons. The highest BCUT2D eigenvalue weighted by molar-refractivity contribution is 9.08. The fourth-order valence-corrected chi connectivity index (χ4v) is 1.35. The Bertz CT molecular complexity index is 198. The lowest BCUT2D eigenvalue weighted by Crippen LogP contribution is -1.89. The van der Waals surface area contributed by atoms with Crippen molar-refractivity contribution in [2.24, 2.45) is 0 Å². The van der Waals surface area contributed by atoms with Gasteiger partial charge in [0.2, 0.25) is 0 Å². The summed E-state index contributed by atoms with van der Waals surface area (Å²) in [4.78, 5) is 0. The number of halogens is 1. The summed E-state index contributed by atoms with van der Waals surface area (Å²) in [5, 5.41) is 2.18. The molecule has 0 nitrogen and oxygen atoms in total. The maximum absolute atomic E-state index is 3.38. The fraction of sp³-hybridized carbons (Fsp3) is 0.143. The van der Waals surface area contributed by atoms with Crippen LogP contribution in [0.2, 0.25) is 0 Å². The first-order valence-corrected chi connectivity index (χ1v) is 4.43. The Balaban J connectivity index is 2.94. The van der Waals surface area contributed by atoms with Crippen molar-refractivity contribution in [3.63, 3.8) is 0 Å². The van der Waals surface area contributed by atoms with Gasteiger partial charge in [-0.1, -0.05) is 40.2 Å². The summed E-state index contributed by atoms with van der Waals surface area (Å²) in [6.45, 7) is 0. The van der Waals surface area contributed by atoms with Crippen LogP contribution in [-0.4, -0.2) is 0 Å². The molecule has 0 spiro atoms. The molecule has 0 aliphatic rings. The molecule has 0 saturated heterocycles. The van der Waals surface area contributed by atoms with E-state index >= 15 is 0 Å². The van der Waals surface area contributed by atoms with Crippen molar-refractivity contribution in [1.82, 2.24) is 0 Å². The zero-order valence-corrected chi connectivity index (χ0v) is 7.71. The second-order valence-electron chi connectivity index (χ2n) is 1.88. The van der Waals surface area contributed by atoms with Crippen molar-refractivity contribution in [3.05, 3.63) is 29.8 Å². The first kappa shape index (κ1) is 7.24. The monoisotopic (exact) mass is 202 g/mol. The van der Waals surface area contributed by atoms with Crippen molar-refractivity contribution in [2.45, 2.75) is 5.33 Å². The van der Waals surface area contributed by atoms with Crippen molar-refractivity contribution < 1.29 is 0 Å². The standard InChI is InChI=1S/C7H8BrP/c8-5-6-2-1-3-7(9)4-6/h1-4H,5,9H2. The third-order valence-electron chi connectivity index (χ3n) is 1.11. The minimum Gasteiger partial charge on any atom is -0.106 e. The molecule has 1 atom stereocenters. The molecule has 48 valence electrons. The SMILES string of the molecule is Pc1cccc(CBr)c1. The first-order chi connectivity index (χ1) is 4.33. The predicted octanol–water partition coefficient (Wildman–Crippen LogP) is 2.08. The molecule has 0 heterocycles. The predicted molar refractivity (Wildman–Crippen MR) is 48.4 cm³/mol. The number of rotatable bonds is 1. The molecule has 1 aromatic rings. The maximum atomic E-state index is 3.38. The average Bonchev–Trinajstić information content (AvgIpc) is 1.88. The van der Waals surface area contributed by atoms with E-state index in [9.17, 15) is 0 Å². The van der Waals surface area contributed by atoms with Gasteiger partial charge in [-0.15, -0.1) is 9.24 Å². The van der Waals surface area contributed by atoms with Crippen LogP contribution >= 0.6 is 25.2 Å². The molecular formula is C7H8BrP. The van der Waals surface area contributed by atoms with E-state index in [2.05, 4.69) is 49.4 Å². The van der Waals surface area contributed by atoms with Crippen LogP contribution in [0.5, 0.6) is 0 Å². The lowest BCUT2D eigenvalue weighted by Gasteiger charge is -1.94. The van der Waals surface area contributed by atoms with Gasteiger partial charge < -0.3 is 0 Å². The van der Waals surface area contributed by atoms with E-state index in [1.165, 1.54) is 10.9 Å². The minimum atomic E-state index is 0.940. The molecule has 1 aromatic carbocycles. The largest absolute Gasteiger partial charge is 0.106 e. The molecular weight excluding hydrogens is 195 g/mol. The fourth-order valence-electron chi connectivity index (χ4n) is 0.676. The van der Waals surface area contributed by atoms with Crippen molar-refractivity contribution in [3.8, 4) is 0 Å². The molecule has 1 unspecified atom stereocenters. The lowest BCUT2D eigenvalue weighted by molar-refractivity contribution is 1.46. The van der Waals surface area contributed by atoms with Gasteiger partial charge in [0.05, 0.1) is 0 Å². The first-order valence-electron chi connectivity index (χ1n) is 2.73. The van der Waals surface area contributed by atoms with E-state index in [0.717, 1.165) is 5.33 Å². The molecule has 0 fully saturated rings. The van der Waals surface area contributed by atoms with Gasteiger partial charge in [-0.2, -0.15) is 0 Å². The molecule has 1 rings (SSSR count). The Morgan fingerprint density at radius 3 is 2.67 bits per heavy atom. The normalized spacial score (nSPS) is 9.56. The van der Waals surface area contributed by atoms with Gasteiger partial charge in [-0.3, -0.25) is 0 Å². The van der Waals surface area contributed by atoms with Gasteiger partial charge in [-0.05, 0) is 10.9 Å². The lowest BCUT2D eigenvalue weighted by atomic mass is 10.2. The molecule has 9 heavy (non-hydrogen) atoms. The molecule has 0 aliphatic heterocycles. The number of hydrogen-bond acceptors (Lipinski definition) is 0. The van der Waals surface area contributed by atoms with Crippen LogP contribution in [0, 0.1) is 0 Å². The second-order valence-corrected chi connectivity index (χ2v) is 3.11. The van der Waals surface area contributed by atoms with Gasteiger partial charge in [0.25, 0.3) is 0 Å². The Kier molecular flexibility index (Phi) is 2.68. The molecule has 0 N–H and O–H groups in total. The van der Waals surface area contributed by atoms with Gasteiger partial charge in [0.1, 0.15) is 0 Å². The van der Waals surface area contributed by atoms with Crippen LogP contribution in [0.25, 0.3) is 0 Å². The molecule has 0 aliphatic carbocycles. The number of hydrogen-bond donors (Lipinski definition) is 0. The Morgan fingerprint density at radius 2 is 2.22 bits per heavy atom. The van der Waals surface area contributed by atoms with Crippen LogP contribution in [0.15, 0.2) is 24.3 Å². The van der Waals surface area contributed by atoms with Crippen molar-refractivity contribution >= 4 is 30.5 Å². The van der Waals surface area contributed by atoms with Crippen LogP contribution < -0.4 is 5.30 Å². The summed E-state index contributed by atoms with van der Waals surface area (Å²) in [6, 6.07) is 8.36. The molecule has 0 saturated carbocycles. The van der Waals surface area contributed by atoms with E-state index in [0.29, 0.717) is 0 Å². The maximum Gasteiger partial charge on any atom is 0.0283 e. The Morgan fingerprint density at radius 1 is 1.44 bits per heavy atom. The summed E-state index contributed by atoms with van der Waals surface area (Å²) in [5.41, 5.74) is 1.32. The van der Waals surface area contributed by atoms with E-state index in [1.54, 1.807) is 0 Å². The third-order valence-corrected chi connectivity index (χ3v) is 2.11. The zero-order valence-electron chi connectivity index (χ0n) is 4.97. The minimum absolute atomic E-state index is 0.940. The molecule has 0 bridgehead atoms. The highest BCUT2D eigenvalue weighted by Crippen LogP contribution is 2.03. The summed E-state index contributed by atoms with van der Waals surface area (Å²) in [7, 11) is 2.67. The summed E-state index contributed by atoms with van der Waals surface area (Å²) >= 11 is 3.38. The zero-order chi connectivity index (χ0) is 6.69. The van der Waals surface area contributed by atoms with Gasteiger partial charge in [0, 0.05) is 5.33 Å². The smallest absolute Gasteiger partial charge is 0.0283 e. The number of benzene rings is 1. The third kappa shape index (κ3) is 2.08. The topological polar surface area (TPSA) is 0 Å². The van der Waals surface area contributed by atoms with Crippen LogP contribution in [0.1, 0.15) is 5.56 Å². The van der Waals surface area contributed by atoms with Crippen LogP contribution in [-0.2, 0) is 5.33 Å². The highest BCUT2D eigenvalue weighted by atomic mass is 79.9. The van der Waals surface area contributed by atoms with Crippen molar-refractivity contribution in [1.29, 1.82) is 0 Å². The van der Waals surface area contributed by atoms with E-state index in [1.807, 2.05) is 0 Å². The van der Waals surface area contributed by atoms with Gasteiger partial charge in [-0.25, -0.2) is 0 Å².